The van der Waals surface area contributed by atoms with Crippen LogP contribution in [0.5, 0.6) is 5.75 Å². The summed E-state index contributed by atoms with van der Waals surface area (Å²) in [5, 5.41) is 6.76. The first-order valence-corrected chi connectivity index (χ1v) is 9.78. The van der Waals surface area contributed by atoms with Crippen LogP contribution in [0.2, 0.25) is 0 Å². The molecule has 2 atom stereocenters. The van der Waals surface area contributed by atoms with Crippen LogP contribution in [0.25, 0.3) is 0 Å². The van der Waals surface area contributed by atoms with Crippen molar-refractivity contribution in [2.75, 3.05) is 13.7 Å². The van der Waals surface area contributed by atoms with Gasteiger partial charge in [0.1, 0.15) is 11.7 Å². The number of hydrogen-bond donors (Lipinski definition) is 2. The highest BCUT2D eigenvalue weighted by molar-refractivity contribution is 9.11. The SMILES string of the molecule is COc1c(Br)cc(/C=N/NC(=O)[C@@H]2C(=O)NC[C@H]2c2ccccc2)cc1Br. The van der Waals surface area contributed by atoms with Gasteiger partial charge in [0, 0.05) is 12.5 Å². The molecule has 0 aliphatic carbocycles. The van der Waals surface area contributed by atoms with Gasteiger partial charge in [-0.15, -0.1) is 0 Å². The van der Waals surface area contributed by atoms with Gasteiger partial charge < -0.3 is 10.1 Å². The van der Waals surface area contributed by atoms with E-state index in [0.717, 1.165) is 20.1 Å². The topological polar surface area (TPSA) is 79.8 Å². The molecule has 0 spiro atoms. The van der Waals surface area contributed by atoms with Gasteiger partial charge in [0.15, 0.2) is 0 Å². The van der Waals surface area contributed by atoms with Crippen molar-refractivity contribution in [2.45, 2.75) is 5.92 Å². The molecule has 27 heavy (non-hydrogen) atoms. The number of nitrogens with one attached hydrogen (secondary N) is 2. The zero-order chi connectivity index (χ0) is 19.4. The highest BCUT2D eigenvalue weighted by Gasteiger charge is 2.40. The molecule has 0 unspecified atom stereocenters. The van der Waals surface area contributed by atoms with Gasteiger partial charge in [0.05, 0.1) is 22.3 Å². The summed E-state index contributed by atoms with van der Waals surface area (Å²) >= 11 is 6.84. The lowest BCUT2D eigenvalue weighted by Crippen LogP contribution is -2.34. The molecule has 3 rings (SSSR count). The molecule has 2 N–H and O–H groups in total. The summed E-state index contributed by atoms with van der Waals surface area (Å²) in [5.74, 6) is -1.06. The molecule has 140 valence electrons. The van der Waals surface area contributed by atoms with Crippen molar-refractivity contribution in [3.05, 3.63) is 62.5 Å². The maximum absolute atomic E-state index is 12.5. The van der Waals surface area contributed by atoms with Crippen molar-refractivity contribution in [3.8, 4) is 5.75 Å². The fourth-order valence-corrected chi connectivity index (χ4v) is 4.57. The lowest BCUT2D eigenvalue weighted by atomic mass is 9.88. The number of methoxy groups -OCH3 is 1. The summed E-state index contributed by atoms with van der Waals surface area (Å²) in [5.41, 5.74) is 4.18. The van der Waals surface area contributed by atoms with Crippen molar-refractivity contribution < 1.29 is 14.3 Å². The van der Waals surface area contributed by atoms with Crippen LogP contribution >= 0.6 is 31.9 Å². The minimum Gasteiger partial charge on any atom is -0.494 e. The molecule has 2 aromatic rings. The molecule has 0 bridgehead atoms. The minimum absolute atomic E-state index is 0.210. The van der Waals surface area contributed by atoms with E-state index in [1.165, 1.54) is 6.21 Å². The summed E-state index contributed by atoms with van der Waals surface area (Å²) in [6, 6.07) is 13.2. The van der Waals surface area contributed by atoms with E-state index in [2.05, 4.69) is 47.7 Å². The Kier molecular flexibility index (Phi) is 6.28. The van der Waals surface area contributed by atoms with Gasteiger partial charge in [-0.05, 0) is 55.1 Å². The smallest absolute Gasteiger partial charge is 0.253 e. The summed E-state index contributed by atoms with van der Waals surface area (Å²) in [6.07, 6.45) is 1.51. The monoisotopic (exact) mass is 493 g/mol. The van der Waals surface area contributed by atoms with Crippen LogP contribution in [0, 0.1) is 5.92 Å². The fourth-order valence-electron chi connectivity index (χ4n) is 3.02. The largest absolute Gasteiger partial charge is 0.494 e. The predicted octanol–water partition coefficient (Wildman–Crippen LogP) is 3.20. The van der Waals surface area contributed by atoms with E-state index in [9.17, 15) is 9.59 Å². The Bertz CT molecular complexity index is 864. The maximum atomic E-state index is 12.5. The summed E-state index contributed by atoms with van der Waals surface area (Å²) in [4.78, 5) is 24.7. The Morgan fingerprint density at radius 2 is 1.93 bits per heavy atom. The van der Waals surface area contributed by atoms with E-state index < -0.39 is 11.8 Å². The molecule has 0 saturated carbocycles. The van der Waals surface area contributed by atoms with Crippen LogP contribution in [0.4, 0.5) is 0 Å². The van der Waals surface area contributed by atoms with E-state index in [-0.39, 0.29) is 11.8 Å². The Morgan fingerprint density at radius 1 is 1.26 bits per heavy atom. The molecule has 1 saturated heterocycles. The Hall–Kier alpha value is -2.19. The first kappa shape index (κ1) is 19.6. The molecule has 6 nitrogen and oxygen atoms in total. The molecule has 1 aliphatic heterocycles. The first-order chi connectivity index (χ1) is 13.0. The fraction of sp³-hybridized carbons (Fsp3) is 0.211. The predicted molar refractivity (Wildman–Crippen MR) is 110 cm³/mol. The van der Waals surface area contributed by atoms with Crippen molar-refractivity contribution in [1.82, 2.24) is 10.7 Å². The highest BCUT2D eigenvalue weighted by Crippen LogP contribution is 2.34. The molecule has 8 heteroatoms. The lowest BCUT2D eigenvalue weighted by Gasteiger charge is -2.15. The molecule has 2 amide bonds. The van der Waals surface area contributed by atoms with Crippen LogP contribution in [0.15, 0.2) is 56.5 Å². The van der Waals surface area contributed by atoms with Gasteiger partial charge in [-0.1, -0.05) is 30.3 Å². The number of halogens is 2. The molecule has 2 aromatic carbocycles. The molecule has 1 heterocycles. The molecule has 0 radical (unpaired) electrons. The average molecular weight is 495 g/mol. The van der Waals surface area contributed by atoms with Crippen LogP contribution in [0.3, 0.4) is 0 Å². The van der Waals surface area contributed by atoms with Crippen molar-refractivity contribution in [1.29, 1.82) is 0 Å². The summed E-state index contributed by atoms with van der Waals surface area (Å²) in [6.45, 7) is 0.434. The summed E-state index contributed by atoms with van der Waals surface area (Å²) < 4.78 is 6.77. The Morgan fingerprint density at radius 3 is 2.56 bits per heavy atom. The molecule has 1 aliphatic rings. The zero-order valence-corrected chi connectivity index (χ0v) is 17.6. The van der Waals surface area contributed by atoms with Gasteiger partial charge in [-0.25, -0.2) is 5.43 Å². The minimum atomic E-state index is -0.807. The standard InChI is InChI=1S/C19H17Br2N3O3/c1-27-17-14(20)7-11(8-15(17)21)9-23-24-19(26)16-13(10-22-18(16)25)12-5-3-2-4-6-12/h2-9,13,16H,10H2,1H3,(H,22,25)(H,24,26)/b23-9+/t13-,16-/m0/s1. The number of rotatable bonds is 5. The average Bonchev–Trinajstić information content (AvgIpc) is 3.04. The number of ether oxygens (including phenoxy) is 1. The van der Waals surface area contributed by atoms with Crippen molar-refractivity contribution in [2.24, 2.45) is 11.0 Å². The van der Waals surface area contributed by atoms with Crippen LogP contribution in [-0.4, -0.2) is 31.7 Å². The molecule has 0 aromatic heterocycles. The van der Waals surface area contributed by atoms with E-state index in [1.54, 1.807) is 7.11 Å². The third-order valence-electron chi connectivity index (χ3n) is 4.30. The number of amides is 2. The lowest BCUT2D eigenvalue weighted by molar-refractivity contribution is -0.133. The highest BCUT2D eigenvalue weighted by atomic mass is 79.9. The number of hydrogen-bond acceptors (Lipinski definition) is 4. The van der Waals surface area contributed by atoms with Crippen molar-refractivity contribution in [3.63, 3.8) is 0 Å². The van der Waals surface area contributed by atoms with Crippen molar-refractivity contribution >= 4 is 49.9 Å². The quantitative estimate of drug-likeness (QED) is 0.380. The second kappa shape index (κ2) is 8.67. The van der Waals surface area contributed by atoms with Crippen LogP contribution in [-0.2, 0) is 9.59 Å². The Labute approximate surface area is 173 Å². The number of carbonyl (C=O) groups excluding carboxylic acids is 2. The van der Waals surface area contributed by atoms with Crippen LogP contribution in [0.1, 0.15) is 17.0 Å². The van der Waals surface area contributed by atoms with Gasteiger partial charge in [-0.2, -0.15) is 5.10 Å². The number of carbonyl (C=O) groups is 2. The van der Waals surface area contributed by atoms with E-state index >= 15 is 0 Å². The number of benzene rings is 2. The third kappa shape index (κ3) is 4.39. The second-order valence-corrected chi connectivity index (χ2v) is 7.70. The zero-order valence-electron chi connectivity index (χ0n) is 14.4. The van der Waals surface area contributed by atoms with Gasteiger partial charge in [0.2, 0.25) is 5.91 Å². The number of hydrazone groups is 1. The van der Waals surface area contributed by atoms with Gasteiger partial charge in [0.25, 0.3) is 5.91 Å². The maximum Gasteiger partial charge on any atom is 0.253 e. The molecule has 1 fully saturated rings. The van der Waals surface area contributed by atoms with Gasteiger partial charge >= 0.3 is 0 Å². The summed E-state index contributed by atoms with van der Waals surface area (Å²) in [7, 11) is 1.58. The Balaban J connectivity index is 1.71. The first-order valence-electron chi connectivity index (χ1n) is 8.20. The van der Waals surface area contributed by atoms with E-state index in [4.69, 9.17) is 4.74 Å². The van der Waals surface area contributed by atoms with Crippen LogP contribution < -0.4 is 15.5 Å². The molecular weight excluding hydrogens is 478 g/mol. The van der Waals surface area contributed by atoms with Gasteiger partial charge in [-0.3, -0.25) is 9.59 Å². The van der Waals surface area contributed by atoms with E-state index in [0.29, 0.717) is 12.3 Å². The second-order valence-electron chi connectivity index (χ2n) is 5.99. The normalized spacial score (nSPS) is 19.1. The third-order valence-corrected chi connectivity index (χ3v) is 5.48. The van der Waals surface area contributed by atoms with E-state index in [1.807, 2.05) is 42.5 Å². The molecular formula is C19H17Br2N3O3. The number of nitrogens with zero attached hydrogens (tertiary/aromatic N) is 1.